The second kappa shape index (κ2) is 12.3. The molecule has 0 atom stereocenters. The van der Waals surface area contributed by atoms with Crippen molar-refractivity contribution in [3.8, 4) is 11.5 Å². The fraction of sp³-hybridized carbons (Fsp3) is 0.345. The number of carbonyl (C=O) groups is 1. The zero-order valence-electron chi connectivity index (χ0n) is 20.5. The largest absolute Gasteiger partial charge is 0.493 e. The second-order valence-electron chi connectivity index (χ2n) is 8.78. The molecule has 4 rings (SSSR count). The molecular formula is C29H34N2O4. The van der Waals surface area contributed by atoms with Crippen molar-refractivity contribution in [1.29, 1.82) is 0 Å². The Balaban J connectivity index is 1.28. The van der Waals surface area contributed by atoms with Crippen molar-refractivity contribution >= 4 is 17.3 Å². The van der Waals surface area contributed by atoms with Crippen LogP contribution < -0.4 is 19.7 Å². The third-order valence-corrected chi connectivity index (χ3v) is 6.40. The Morgan fingerprint density at radius 1 is 0.914 bits per heavy atom. The van der Waals surface area contributed by atoms with Gasteiger partial charge in [0.2, 0.25) is 5.91 Å². The van der Waals surface area contributed by atoms with Gasteiger partial charge in [-0.05, 0) is 66.8 Å². The maximum Gasteiger partial charge on any atom is 0.224 e. The Bertz CT molecular complexity index is 1080. The van der Waals surface area contributed by atoms with Gasteiger partial charge in [-0.15, -0.1) is 0 Å². The summed E-state index contributed by atoms with van der Waals surface area (Å²) in [6.07, 6.45) is 3.45. The molecule has 1 N–H and O–H groups in total. The summed E-state index contributed by atoms with van der Waals surface area (Å²) in [6, 6.07) is 23.9. The van der Waals surface area contributed by atoms with Gasteiger partial charge in [0.1, 0.15) is 6.61 Å². The van der Waals surface area contributed by atoms with E-state index in [-0.39, 0.29) is 5.91 Å². The lowest BCUT2D eigenvalue weighted by Gasteiger charge is -2.33. The van der Waals surface area contributed by atoms with E-state index in [2.05, 4.69) is 22.3 Å². The number of nitrogens with one attached hydrogen (secondary N) is 1. The van der Waals surface area contributed by atoms with Gasteiger partial charge in [0.05, 0.1) is 13.2 Å². The standard InChI is InChI=1S/C29H34N2O4/c1-33-26-16-18-31(19-17-26)25-12-10-24(11-13-25)30-29(32)15-9-22-8-14-27(34-2)28(20-22)35-21-23-6-4-3-5-7-23/h3-8,10-14,20,26H,9,15-19,21H2,1-2H3,(H,30,32). The van der Waals surface area contributed by atoms with Gasteiger partial charge in [0, 0.05) is 38.0 Å². The molecule has 0 aliphatic carbocycles. The molecule has 184 valence electrons. The Hall–Kier alpha value is -3.51. The van der Waals surface area contributed by atoms with Gasteiger partial charge in [-0.2, -0.15) is 0 Å². The molecule has 1 aliphatic rings. The van der Waals surface area contributed by atoms with Gasteiger partial charge >= 0.3 is 0 Å². The van der Waals surface area contributed by atoms with Crippen LogP contribution in [0.2, 0.25) is 0 Å². The lowest BCUT2D eigenvalue weighted by atomic mass is 10.1. The summed E-state index contributed by atoms with van der Waals surface area (Å²) in [5, 5.41) is 3.01. The van der Waals surface area contributed by atoms with Crippen LogP contribution in [0.3, 0.4) is 0 Å². The van der Waals surface area contributed by atoms with Gasteiger partial charge in [-0.25, -0.2) is 0 Å². The number of aryl methyl sites for hydroxylation is 1. The predicted molar refractivity (Wildman–Crippen MR) is 139 cm³/mol. The highest BCUT2D eigenvalue weighted by atomic mass is 16.5. The van der Waals surface area contributed by atoms with Crippen LogP contribution in [0.4, 0.5) is 11.4 Å². The number of anilines is 2. The van der Waals surface area contributed by atoms with Crippen LogP contribution in [0.15, 0.2) is 72.8 Å². The minimum atomic E-state index is -0.0127. The first kappa shape index (κ1) is 24.6. The molecule has 1 fully saturated rings. The Kier molecular flexibility index (Phi) is 8.63. The van der Waals surface area contributed by atoms with E-state index in [1.165, 1.54) is 5.69 Å². The first-order chi connectivity index (χ1) is 17.1. The summed E-state index contributed by atoms with van der Waals surface area (Å²) in [6.45, 7) is 2.44. The first-order valence-electron chi connectivity index (χ1n) is 12.2. The van der Waals surface area contributed by atoms with E-state index in [0.717, 1.165) is 42.7 Å². The number of nitrogens with zero attached hydrogens (tertiary/aromatic N) is 1. The highest BCUT2D eigenvalue weighted by Gasteiger charge is 2.18. The Labute approximate surface area is 207 Å². The normalized spacial score (nSPS) is 13.9. The van der Waals surface area contributed by atoms with E-state index in [1.54, 1.807) is 14.2 Å². The summed E-state index contributed by atoms with van der Waals surface area (Å²) in [5.74, 6) is 1.35. The molecule has 6 nitrogen and oxygen atoms in total. The van der Waals surface area contributed by atoms with Crippen LogP contribution in [0.5, 0.6) is 11.5 Å². The number of rotatable bonds is 10. The van der Waals surface area contributed by atoms with Gasteiger partial charge in [-0.1, -0.05) is 36.4 Å². The van der Waals surface area contributed by atoms with E-state index < -0.39 is 0 Å². The second-order valence-corrected chi connectivity index (χ2v) is 8.78. The molecule has 0 spiro atoms. The van der Waals surface area contributed by atoms with Crippen molar-refractivity contribution in [1.82, 2.24) is 0 Å². The van der Waals surface area contributed by atoms with Crippen LogP contribution in [0.1, 0.15) is 30.4 Å². The third kappa shape index (κ3) is 6.99. The number of methoxy groups -OCH3 is 2. The summed E-state index contributed by atoms with van der Waals surface area (Å²) in [5.41, 5.74) is 4.11. The van der Waals surface area contributed by atoms with Crippen molar-refractivity contribution in [2.45, 2.75) is 38.4 Å². The zero-order chi connectivity index (χ0) is 24.5. The van der Waals surface area contributed by atoms with Crippen molar-refractivity contribution in [3.63, 3.8) is 0 Å². The number of hydrogen-bond acceptors (Lipinski definition) is 5. The number of ether oxygens (including phenoxy) is 3. The quantitative estimate of drug-likeness (QED) is 0.423. The first-order valence-corrected chi connectivity index (χ1v) is 12.2. The molecule has 0 unspecified atom stereocenters. The lowest BCUT2D eigenvalue weighted by Crippen LogP contribution is -2.36. The maximum absolute atomic E-state index is 12.6. The topological polar surface area (TPSA) is 60.0 Å². The molecule has 1 amide bonds. The molecule has 1 heterocycles. The molecule has 3 aromatic rings. The monoisotopic (exact) mass is 474 g/mol. The van der Waals surface area contributed by atoms with Crippen LogP contribution >= 0.6 is 0 Å². The van der Waals surface area contributed by atoms with Gasteiger partial charge in [0.25, 0.3) is 0 Å². The molecule has 35 heavy (non-hydrogen) atoms. The summed E-state index contributed by atoms with van der Waals surface area (Å²) < 4.78 is 16.9. The van der Waals surface area contributed by atoms with Gasteiger partial charge in [0.15, 0.2) is 11.5 Å². The summed E-state index contributed by atoms with van der Waals surface area (Å²) in [4.78, 5) is 14.9. The van der Waals surface area contributed by atoms with E-state index in [1.807, 2.05) is 60.7 Å². The van der Waals surface area contributed by atoms with Gasteiger partial charge < -0.3 is 24.4 Å². The molecule has 6 heteroatoms. The van der Waals surface area contributed by atoms with E-state index in [0.29, 0.717) is 37.1 Å². The highest BCUT2D eigenvalue weighted by molar-refractivity contribution is 5.91. The predicted octanol–water partition coefficient (Wildman–Crippen LogP) is 5.46. The Morgan fingerprint density at radius 3 is 2.34 bits per heavy atom. The molecule has 0 aromatic heterocycles. The van der Waals surface area contributed by atoms with E-state index in [9.17, 15) is 4.79 Å². The number of benzene rings is 3. The van der Waals surface area contributed by atoms with E-state index in [4.69, 9.17) is 14.2 Å². The van der Waals surface area contributed by atoms with Crippen molar-refractivity contribution < 1.29 is 19.0 Å². The number of piperidine rings is 1. The SMILES string of the molecule is COc1ccc(CCC(=O)Nc2ccc(N3CCC(OC)CC3)cc2)cc1OCc1ccccc1. The molecule has 0 bridgehead atoms. The molecule has 0 radical (unpaired) electrons. The molecule has 3 aromatic carbocycles. The Morgan fingerprint density at radius 2 is 1.66 bits per heavy atom. The fourth-order valence-corrected chi connectivity index (χ4v) is 4.31. The van der Waals surface area contributed by atoms with Crippen LogP contribution in [-0.2, 0) is 22.6 Å². The third-order valence-electron chi connectivity index (χ3n) is 6.40. The molecular weight excluding hydrogens is 440 g/mol. The van der Waals surface area contributed by atoms with Crippen molar-refractivity contribution in [2.24, 2.45) is 0 Å². The van der Waals surface area contributed by atoms with Crippen LogP contribution in [-0.4, -0.2) is 39.3 Å². The van der Waals surface area contributed by atoms with E-state index >= 15 is 0 Å². The van der Waals surface area contributed by atoms with Crippen LogP contribution in [0.25, 0.3) is 0 Å². The average molecular weight is 475 g/mol. The number of carbonyl (C=O) groups excluding carboxylic acids is 1. The van der Waals surface area contributed by atoms with Gasteiger partial charge in [-0.3, -0.25) is 4.79 Å². The summed E-state index contributed by atoms with van der Waals surface area (Å²) >= 11 is 0. The van der Waals surface area contributed by atoms with Crippen molar-refractivity contribution in [3.05, 3.63) is 83.9 Å². The minimum absolute atomic E-state index is 0.0127. The lowest BCUT2D eigenvalue weighted by molar-refractivity contribution is -0.116. The molecule has 1 aliphatic heterocycles. The molecule has 1 saturated heterocycles. The zero-order valence-corrected chi connectivity index (χ0v) is 20.5. The maximum atomic E-state index is 12.6. The smallest absolute Gasteiger partial charge is 0.224 e. The van der Waals surface area contributed by atoms with Crippen LogP contribution in [0, 0.1) is 0 Å². The van der Waals surface area contributed by atoms with Crippen molar-refractivity contribution in [2.75, 3.05) is 37.5 Å². The summed E-state index contributed by atoms with van der Waals surface area (Å²) in [7, 11) is 3.41. The minimum Gasteiger partial charge on any atom is -0.493 e. The number of amides is 1. The average Bonchev–Trinajstić information content (AvgIpc) is 2.92. The molecule has 0 saturated carbocycles. The number of hydrogen-bond donors (Lipinski definition) is 1. The highest BCUT2D eigenvalue weighted by Crippen LogP contribution is 2.29. The fourth-order valence-electron chi connectivity index (χ4n) is 4.31.